The van der Waals surface area contributed by atoms with Gasteiger partial charge in [-0.1, -0.05) is 35.9 Å². The highest BCUT2D eigenvalue weighted by molar-refractivity contribution is 6.30. The minimum atomic E-state index is -0.534. The molecule has 0 fully saturated rings. The quantitative estimate of drug-likeness (QED) is 0.807. The SMILES string of the molecule is COc1ccc(C2C(C#N)=C(N)OC3=C2C(=O)CC(c2ccc(Cl)cc2)C3)cc1. The molecule has 5 nitrogen and oxygen atoms in total. The Kier molecular flexibility index (Phi) is 5.04. The lowest BCUT2D eigenvalue weighted by atomic mass is 9.73. The van der Waals surface area contributed by atoms with Gasteiger partial charge in [0.2, 0.25) is 5.88 Å². The smallest absolute Gasteiger partial charge is 0.205 e. The van der Waals surface area contributed by atoms with Crippen molar-refractivity contribution < 1.29 is 14.3 Å². The second-order valence-electron chi connectivity index (χ2n) is 7.11. The number of nitriles is 1. The first-order valence-corrected chi connectivity index (χ1v) is 9.63. The maximum absolute atomic E-state index is 13.2. The van der Waals surface area contributed by atoms with Crippen molar-refractivity contribution in [2.24, 2.45) is 5.73 Å². The van der Waals surface area contributed by atoms with E-state index in [4.69, 9.17) is 26.8 Å². The van der Waals surface area contributed by atoms with Crippen LogP contribution in [0.1, 0.15) is 35.8 Å². The number of allylic oxidation sites excluding steroid dienone is 3. The monoisotopic (exact) mass is 406 g/mol. The molecule has 1 aliphatic carbocycles. The minimum absolute atomic E-state index is 0.0218. The van der Waals surface area contributed by atoms with Crippen LogP contribution in [0, 0.1) is 11.3 Å². The van der Waals surface area contributed by atoms with E-state index < -0.39 is 5.92 Å². The van der Waals surface area contributed by atoms with Gasteiger partial charge in [0.25, 0.3) is 0 Å². The van der Waals surface area contributed by atoms with Crippen LogP contribution in [0.4, 0.5) is 0 Å². The third-order valence-corrected chi connectivity index (χ3v) is 5.70. The number of halogens is 1. The lowest BCUT2D eigenvalue weighted by Gasteiger charge is -2.34. The molecule has 0 saturated carbocycles. The second kappa shape index (κ2) is 7.65. The van der Waals surface area contributed by atoms with E-state index in [1.807, 2.05) is 36.4 Å². The molecule has 0 radical (unpaired) electrons. The van der Waals surface area contributed by atoms with Crippen molar-refractivity contribution in [3.05, 3.63) is 87.5 Å². The third-order valence-electron chi connectivity index (χ3n) is 5.45. The molecule has 2 N–H and O–H groups in total. The van der Waals surface area contributed by atoms with Crippen LogP contribution in [0.2, 0.25) is 5.02 Å². The van der Waals surface area contributed by atoms with Crippen LogP contribution < -0.4 is 10.5 Å². The number of ether oxygens (including phenoxy) is 2. The summed E-state index contributed by atoms with van der Waals surface area (Å²) >= 11 is 5.99. The summed E-state index contributed by atoms with van der Waals surface area (Å²) in [6.45, 7) is 0. The molecule has 2 unspecified atom stereocenters. The third kappa shape index (κ3) is 3.48. The Balaban J connectivity index is 1.75. The standard InChI is InChI=1S/C23H19ClN2O3/c1-28-17-8-4-14(5-9-17)21-18(12-25)23(26)29-20-11-15(10-19(27)22(20)21)13-2-6-16(24)7-3-13/h2-9,15,21H,10-11,26H2,1H3. The Bertz CT molecular complexity index is 1060. The number of ketones is 1. The van der Waals surface area contributed by atoms with Gasteiger partial charge in [-0.2, -0.15) is 5.26 Å². The lowest BCUT2D eigenvalue weighted by molar-refractivity contribution is -0.117. The molecule has 6 heteroatoms. The zero-order chi connectivity index (χ0) is 20.5. The molecule has 146 valence electrons. The number of benzene rings is 2. The highest BCUT2D eigenvalue weighted by atomic mass is 35.5. The van der Waals surface area contributed by atoms with Gasteiger partial charge in [0.15, 0.2) is 5.78 Å². The van der Waals surface area contributed by atoms with Gasteiger partial charge in [0.05, 0.1) is 13.0 Å². The summed E-state index contributed by atoms with van der Waals surface area (Å²) < 4.78 is 11.0. The molecular weight excluding hydrogens is 388 g/mol. The Morgan fingerprint density at radius 2 is 1.76 bits per heavy atom. The van der Waals surface area contributed by atoms with Crippen molar-refractivity contribution in [3.63, 3.8) is 0 Å². The molecule has 4 rings (SSSR count). The molecule has 2 atom stereocenters. The van der Waals surface area contributed by atoms with Crippen LogP contribution in [0.3, 0.4) is 0 Å². The normalized spacial score (nSPS) is 21.3. The molecule has 2 aromatic carbocycles. The van der Waals surface area contributed by atoms with Crippen LogP contribution in [0.15, 0.2) is 71.3 Å². The Labute approximate surface area is 174 Å². The summed E-state index contributed by atoms with van der Waals surface area (Å²) in [6.07, 6.45) is 0.879. The number of hydrogen-bond donors (Lipinski definition) is 1. The maximum atomic E-state index is 13.2. The van der Waals surface area contributed by atoms with Gasteiger partial charge in [-0.25, -0.2) is 0 Å². The average molecular weight is 407 g/mol. The first-order chi connectivity index (χ1) is 14.0. The molecule has 0 amide bonds. The largest absolute Gasteiger partial charge is 0.497 e. The number of rotatable bonds is 3. The number of Topliss-reactive ketones (excluding diaryl/α,β-unsaturated/α-hetero) is 1. The Morgan fingerprint density at radius 1 is 1.10 bits per heavy atom. The summed E-state index contributed by atoms with van der Waals surface area (Å²) in [6, 6.07) is 16.9. The van der Waals surface area contributed by atoms with E-state index in [1.54, 1.807) is 19.2 Å². The molecule has 0 saturated heterocycles. The van der Waals surface area contributed by atoms with Crippen molar-refractivity contribution >= 4 is 17.4 Å². The van der Waals surface area contributed by atoms with Crippen molar-refractivity contribution in [1.82, 2.24) is 0 Å². The van der Waals surface area contributed by atoms with Gasteiger partial charge in [-0.3, -0.25) is 4.79 Å². The first kappa shape index (κ1) is 19.1. The molecule has 0 spiro atoms. The summed E-state index contributed by atoms with van der Waals surface area (Å²) in [4.78, 5) is 13.2. The van der Waals surface area contributed by atoms with E-state index in [0.717, 1.165) is 11.1 Å². The summed E-state index contributed by atoms with van der Waals surface area (Å²) in [5, 5.41) is 10.3. The highest BCUT2D eigenvalue weighted by Crippen LogP contribution is 2.46. The fourth-order valence-corrected chi connectivity index (χ4v) is 4.13. The zero-order valence-corrected chi connectivity index (χ0v) is 16.6. The van der Waals surface area contributed by atoms with Crippen LogP contribution in [-0.2, 0) is 9.53 Å². The van der Waals surface area contributed by atoms with Gasteiger partial charge in [-0.05, 0) is 41.3 Å². The number of carbonyl (C=O) groups is 1. The predicted octanol–water partition coefficient (Wildman–Crippen LogP) is 4.56. The lowest BCUT2D eigenvalue weighted by Crippen LogP contribution is -2.29. The van der Waals surface area contributed by atoms with Gasteiger partial charge < -0.3 is 15.2 Å². The molecule has 1 heterocycles. The van der Waals surface area contributed by atoms with E-state index in [9.17, 15) is 10.1 Å². The van der Waals surface area contributed by atoms with Crippen molar-refractivity contribution in [2.45, 2.75) is 24.7 Å². The van der Waals surface area contributed by atoms with Gasteiger partial charge in [-0.15, -0.1) is 0 Å². The Morgan fingerprint density at radius 3 is 2.38 bits per heavy atom. The summed E-state index contributed by atoms with van der Waals surface area (Å²) in [5.41, 5.74) is 8.68. The molecule has 2 aliphatic rings. The van der Waals surface area contributed by atoms with Gasteiger partial charge >= 0.3 is 0 Å². The molecule has 2 aromatic rings. The predicted molar refractivity (Wildman–Crippen MR) is 109 cm³/mol. The summed E-state index contributed by atoms with van der Waals surface area (Å²) in [5.74, 6) is 0.699. The van der Waals surface area contributed by atoms with Crippen molar-refractivity contribution in [1.29, 1.82) is 5.26 Å². The van der Waals surface area contributed by atoms with Crippen LogP contribution in [-0.4, -0.2) is 12.9 Å². The number of hydrogen-bond acceptors (Lipinski definition) is 5. The number of methoxy groups -OCH3 is 1. The second-order valence-corrected chi connectivity index (χ2v) is 7.55. The minimum Gasteiger partial charge on any atom is -0.497 e. The number of nitrogens with zero attached hydrogens (tertiary/aromatic N) is 1. The van der Waals surface area contributed by atoms with Crippen LogP contribution in [0.25, 0.3) is 0 Å². The van der Waals surface area contributed by atoms with E-state index in [0.29, 0.717) is 34.9 Å². The van der Waals surface area contributed by atoms with E-state index in [-0.39, 0.29) is 23.2 Å². The number of carbonyl (C=O) groups excluding carboxylic acids is 1. The fourth-order valence-electron chi connectivity index (χ4n) is 4.01. The van der Waals surface area contributed by atoms with Gasteiger partial charge in [0.1, 0.15) is 23.2 Å². The average Bonchev–Trinajstić information content (AvgIpc) is 2.73. The molecular formula is C23H19ClN2O3. The molecule has 0 bridgehead atoms. The highest BCUT2D eigenvalue weighted by Gasteiger charge is 2.40. The van der Waals surface area contributed by atoms with Crippen LogP contribution >= 0.6 is 11.6 Å². The topological polar surface area (TPSA) is 85.3 Å². The van der Waals surface area contributed by atoms with Gasteiger partial charge in [0, 0.05) is 23.4 Å². The van der Waals surface area contributed by atoms with Crippen molar-refractivity contribution in [2.75, 3.05) is 7.11 Å². The van der Waals surface area contributed by atoms with Crippen LogP contribution in [0.5, 0.6) is 5.75 Å². The maximum Gasteiger partial charge on any atom is 0.205 e. The molecule has 0 aromatic heterocycles. The van der Waals surface area contributed by atoms with E-state index in [2.05, 4.69) is 6.07 Å². The number of nitrogens with two attached hydrogens (primary N) is 1. The van der Waals surface area contributed by atoms with E-state index >= 15 is 0 Å². The first-order valence-electron chi connectivity index (χ1n) is 9.25. The van der Waals surface area contributed by atoms with E-state index in [1.165, 1.54) is 0 Å². The van der Waals surface area contributed by atoms with Crippen molar-refractivity contribution in [3.8, 4) is 11.8 Å². The summed E-state index contributed by atoms with van der Waals surface area (Å²) in [7, 11) is 1.59. The molecule has 29 heavy (non-hydrogen) atoms. The zero-order valence-electron chi connectivity index (χ0n) is 15.8. The fraction of sp³-hybridized carbons (Fsp3) is 0.217. The Hall–Kier alpha value is -3.23. The molecule has 1 aliphatic heterocycles.